The normalized spacial score (nSPS) is 21.6. The number of carbonyl (C=O) groups excluding carboxylic acids is 2. The minimum atomic E-state index is -0.757. The molecule has 5 heteroatoms. The Bertz CT molecular complexity index is 600. The lowest BCUT2D eigenvalue weighted by atomic mass is 10.1. The molecule has 2 fully saturated rings. The highest BCUT2D eigenvalue weighted by atomic mass is 16.6. The molecular weight excluding hydrogens is 306 g/mol. The number of rotatable bonds is 4. The molecule has 0 radical (unpaired) electrons. The van der Waals surface area contributed by atoms with Gasteiger partial charge in [0.2, 0.25) is 6.10 Å². The highest BCUT2D eigenvalue weighted by molar-refractivity contribution is 5.89. The van der Waals surface area contributed by atoms with Crippen LogP contribution in [-0.4, -0.2) is 37.7 Å². The molecule has 0 amide bonds. The second-order valence-electron chi connectivity index (χ2n) is 6.21. The Balaban J connectivity index is 1.55. The topological polar surface area (TPSA) is 55.8 Å². The van der Waals surface area contributed by atoms with Crippen molar-refractivity contribution in [3.05, 3.63) is 35.9 Å². The molecule has 0 bridgehead atoms. The van der Waals surface area contributed by atoms with Crippen LogP contribution in [0.15, 0.2) is 30.3 Å². The summed E-state index contributed by atoms with van der Waals surface area (Å²) in [5.74, 6) is -0.978. The molecule has 0 saturated carbocycles. The van der Waals surface area contributed by atoms with Crippen LogP contribution in [0, 0.1) is 0 Å². The molecule has 1 atom stereocenters. The van der Waals surface area contributed by atoms with Crippen molar-refractivity contribution in [3.8, 4) is 0 Å². The van der Waals surface area contributed by atoms with Crippen LogP contribution in [0.1, 0.15) is 37.7 Å². The highest BCUT2D eigenvalue weighted by Crippen LogP contribution is 2.20. The van der Waals surface area contributed by atoms with E-state index in [0.29, 0.717) is 13.0 Å². The van der Waals surface area contributed by atoms with E-state index in [1.165, 1.54) is 37.4 Å². The van der Waals surface area contributed by atoms with Gasteiger partial charge < -0.3 is 14.4 Å². The first-order valence-electron chi connectivity index (χ1n) is 8.63. The van der Waals surface area contributed by atoms with Crippen molar-refractivity contribution in [1.82, 2.24) is 0 Å². The maximum atomic E-state index is 11.7. The SMILES string of the molecule is O=C(/C=C/c1ccc(N2CCCCCC2)cc1)O[C@H]1CCOC1=O. The van der Waals surface area contributed by atoms with Crippen molar-refractivity contribution in [1.29, 1.82) is 0 Å². The highest BCUT2D eigenvalue weighted by Gasteiger charge is 2.29. The Morgan fingerprint density at radius 2 is 1.83 bits per heavy atom. The maximum Gasteiger partial charge on any atom is 0.347 e. The fourth-order valence-electron chi connectivity index (χ4n) is 3.05. The van der Waals surface area contributed by atoms with Gasteiger partial charge in [-0.3, -0.25) is 0 Å². The van der Waals surface area contributed by atoms with Crippen molar-refractivity contribution in [3.63, 3.8) is 0 Å². The lowest BCUT2D eigenvalue weighted by Crippen LogP contribution is -2.23. The second kappa shape index (κ2) is 7.99. The Hall–Kier alpha value is -2.30. The molecule has 0 spiro atoms. The van der Waals surface area contributed by atoms with Crippen molar-refractivity contribution in [2.24, 2.45) is 0 Å². The Morgan fingerprint density at radius 3 is 2.46 bits per heavy atom. The minimum absolute atomic E-state index is 0.318. The predicted molar refractivity (Wildman–Crippen MR) is 91.6 cm³/mol. The Morgan fingerprint density at radius 1 is 1.12 bits per heavy atom. The molecule has 5 nitrogen and oxygen atoms in total. The summed E-state index contributed by atoms with van der Waals surface area (Å²) in [5, 5.41) is 0. The number of hydrogen-bond acceptors (Lipinski definition) is 5. The molecule has 0 N–H and O–H groups in total. The van der Waals surface area contributed by atoms with E-state index in [9.17, 15) is 9.59 Å². The average Bonchev–Trinajstić information content (AvgIpc) is 2.85. The van der Waals surface area contributed by atoms with E-state index in [-0.39, 0.29) is 0 Å². The van der Waals surface area contributed by atoms with E-state index < -0.39 is 18.0 Å². The molecule has 1 aromatic rings. The predicted octanol–water partition coefficient (Wildman–Crippen LogP) is 2.94. The van der Waals surface area contributed by atoms with Crippen LogP contribution in [0.5, 0.6) is 0 Å². The minimum Gasteiger partial charge on any atom is -0.463 e. The van der Waals surface area contributed by atoms with Crippen LogP contribution in [0.2, 0.25) is 0 Å². The first-order valence-corrected chi connectivity index (χ1v) is 8.63. The van der Waals surface area contributed by atoms with E-state index in [2.05, 4.69) is 17.0 Å². The van der Waals surface area contributed by atoms with Gasteiger partial charge >= 0.3 is 11.9 Å². The number of anilines is 1. The molecule has 2 heterocycles. The van der Waals surface area contributed by atoms with Crippen molar-refractivity contribution in [2.45, 2.75) is 38.2 Å². The molecule has 128 valence electrons. The molecular formula is C19H23NO4. The van der Waals surface area contributed by atoms with Gasteiger partial charge in [-0.15, -0.1) is 0 Å². The molecule has 0 aromatic heterocycles. The third-order valence-electron chi connectivity index (χ3n) is 4.42. The zero-order valence-corrected chi connectivity index (χ0v) is 13.8. The standard InChI is InChI=1S/C19H23NO4/c21-18(24-17-11-14-23-19(17)22)10-7-15-5-8-16(9-6-15)20-12-3-1-2-4-13-20/h5-10,17H,1-4,11-14H2/b10-7+/t17-/m0/s1. The van der Waals surface area contributed by atoms with Crippen molar-refractivity contribution >= 4 is 23.7 Å². The van der Waals surface area contributed by atoms with Gasteiger partial charge in [0, 0.05) is 31.3 Å². The van der Waals surface area contributed by atoms with Gasteiger partial charge in [0.05, 0.1) is 6.61 Å². The van der Waals surface area contributed by atoms with Gasteiger partial charge in [-0.2, -0.15) is 0 Å². The summed E-state index contributed by atoms with van der Waals surface area (Å²) in [6.45, 7) is 2.54. The van der Waals surface area contributed by atoms with Crippen LogP contribution in [-0.2, 0) is 19.1 Å². The molecule has 1 aromatic carbocycles. The Kier molecular flexibility index (Phi) is 5.51. The molecule has 24 heavy (non-hydrogen) atoms. The molecule has 3 rings (SSSR count). The van der Waals surface area contributed by atoms with Crippen LogP contribution >= 0.6 is 0 Å². The number of carbonyl (C=O) groups is 2. The lowest BCUT2D eigenvalue weighted by Gasteiger charge is -2.22. The van der Waals surface area contributed by atoms with Crippen LogP contribution in [0.4, 0.5) is 5.69 Å². The van der Waals surface area contributed by atoms with Gasteiger partial charge in [-0.25, -0.2) is 9.59 Å². The molecule has 2 saturated heterocycles. The molecule has 0 unspecified atom stereocenters. The zero-order chi connectivity index (χ0) is 16.8. The van der Waals surface area contributed by atoms with Crippen LogP contribution < -0.4 is 4.90 Å². The average molecular weight is 329 g/mol. The fraction of sp³-hybridized carbons (Fsp3) is 0.474. The molecule has 0 aliphatic carbocycles. The van der Waals surface area contributed by atoms with E-state index in [0.717, 1.165) is 18.7 Å². The smallest absolute Gasteiger partial charge is 0.347 e. The summed E-state index contributed by atoms with van der Waals surface area (Å²) in [5.41, 5.74) is 2.16. The monoisotopic (exact) mass is 329 g/mol. The summed E-state index contributed by atoms with van der Waals surface area (Å²) in [6, 6.07) is 8.16. The van der Waals surface area contributed by atoms with E-state index >= 15 is 0 Å². The van der Waals surface area contributed by atoms with Gasteiger partial charge in [-0.05, 0) is 36.6 Å². The van der Waals surface area contributed by atoms with Crippen molar-refractivity contribution in [2.75, 3.05) is 24.6 Å². The van der Waals surface area contributed by atoms with E-state index in [4.69, 9.17) is 9.47 Å². The lowest BCUT2D eigenvalue weighted by molar-refractivity contribution is -0.156. The molecule has 2 aliphatic rings. The molecule has 2 aliphatic heterocycles. The number of hydrogen-bond donors (Lipinski definition) is 0. The quantitative estimate of drug-likeness (QED) is 0.628. The van der Waals surface area contributed by atoms with Gasteiger partial charge in [-0.1, -0.05) is 25.0 Å². The fourth-order valence-corrected chi connectivity index (χ4v) is 3.05. The second-order valence-corrected chi connectivity index (χ2v) is 6.21. The number of benzene rings is 1. The Labute approximate surface area is 142 Å². The summed E-state index contributed by atoms with van der Waals surface area (Å²) in [6.07, 6.45) is 7.85. The van der Waals surface area contributed by atoms with Crippen LogP contribution in [0.25, 0.3) is 6.08 Å². The zero-order valence-electron chi connectivity index (χ0n) is 13.8. The van der Waals surface area contributed by atoms with Crippen LogP contribution in [0.3, 0.4) is 0 Å². The van der Waals surface area contributed by atoms with Crippen molar-refractivity contribution < 1.29 is 19.1 Å². The first kappa shape index (κ1) is 16.6. The van der Waals surface area contributed by atoms with E-state index in [1.807, 2.05) is 12.1 Å². The summed E-state index contributed by atoms with van der Waals surface area (Å²) >= 11 is 0. The number of cyclic esters (lactones) is 1. The third-order valence-corrected chi connectivity index (χ3v) is 4.42. The summed E-state index contributed by atoms with van der Waals surface area (Å²) in [7, 11) is 0. The summed E-state index contributed by atoms with van der Waals surface area (Å²) < 4.78 is 9.83. The van der Waals surface area contributed by atoms with Gasteiger partial charge in [0.25, 0.3) is 0 Å². The van der Waals surface area contributed by atoms with Gasteiger partial charge in [0.15, 0.2) is 0 Å². The number of ether oxygens (including phenoxy) is 2. The first-order chi connectivity index (χ1) is 11.7. The number of esters is 2. The third kappa shape index (κ3) is 4.37. The largest absolute Gasteiger partial charge is 0.463 e. The maximum absolute atomic E-state index is 11.7. The number of nitrogens with zero attached hydrogens (tertiary/aromatic N) is 1. The van der Waals surface area contributed by atoms with E-state index in [1.54, 1.807) is 6.08 Å². The van der Waals surface area contributed by atoms with Gasteiger partial charge in [0.1, 0.15) is 0 Å². The summed E-state index contributed by atoms with van der Waals surface area (Å²) in [4.78, 5) is 25.4.